The fourth-order valence-electron chi connectivity index (χ4n) is 1.73. The molecule has 0 saturated heterocycles. The molecule has 0 aliphatic heterocycles. The molecule has 0 heterocycles. The van der Waals surface area contributed by atoms with Crippen molar-refractivity contribution in [3.63, 3.8) is 0 Å². The third kappa shape index (κ3) is 3.89. The Bertz CT molecular complexity index is 719. The van der Waals surface area contributed by atoms with Gasteiger partial charge in [0.05, 0.1) is 0 Å². The number of hydrogen-bond donors (Lipinski definition) is 3. The maximum atomic E-state index is 13.5. The smallest absolute Gasteiger partial charge is 0.423 e. The number of halogens is 1. The average molecular weight is 309 g/mol. The van der Waals surface area contributed by atoms with Gasteiger partial charge < -0.3 is 10.0 Å². The number of sulfonamides is 1. The summed E-state index contributed by atoms with van der Waals surface area (Å²) in [7, 11) is -5.51. The number of rotatable bonds is 5. The molecule has 0 saturated carbocycles. The maximum Gasteiger partial charge on any atom is 0.488 e. The van der Waals surface area contributed by atoms with Crippen molar-refractivity contribution >= 4 is 22.6 Å². The van der Waals surface area contributed by atoms with Crippen LogP contribution in [0.15, 0.2) is 53.4 Å². The van der Waals surface area contributed by atoms with Gasteiger partial charge in [-0.25, -0.2) is 17.5 Å². The monoisotopic (exact) mass is 309 g/mol. The van der Waals surface area contributed by atoms with Crippen molar-refractivity contribution in [2.45, 2.75) is 11.4 Å². The molecule has 2 aromatic rings. The summed E-state index contributed by atoms with van der Waals surface area (Å²) < 4.78 is 39.7. The van der Waals surface area contributed by atoms with Crippen LogP contribution in [-0.2, 0) is 16.6 Å². The van der Waals surface area contributed by atoms with Gasteiger partial charge in [0.25, 0.3) is 0 Å². The van der Waals surface area contributed by atoms with Crippen LogP contribution in [0.25, 0.3) is 0 Å². The van der Waals surface area contributed by atoms with E-state index < -0.39 is 27.9 Å². The first kappa shape index (κ1) is 15.6. The van der Waals surface area contributed by atoms with E-state index in [0.29, 0.717) is 11.0 Å². The summed E-state index contributed by atoms with van der Waals surface area (Å²) >= 11 is 0. The minimum atomic E-state index is -3.94. The normalized spacial score (nSPS) is 11.4. The molecule has 0 unspecified atom stereocenters. The first-order chi connectivity index (χ1) is 9.90. The Hall–Kier alpha value is -1.74. The van der Waals surface area contributed by atoms with Gasteiger partial charge in [-0.05, 0) is 23.2 Å². The van der Waals surface area contributed by atoms with Crippen LogP contribution >= 0.6 is 0 Å². The van der Waals surface area contributed by atoms with E-state index in [9.17, 15) is 12.8 Å². The summed E-state index contributed by atoms with van der Waals surface area (Å²) in [5.41, 5.74) is 0.912. The van der Waals surface area contributed by atoms with Gasteiger partial charge in [0.15, 0.2) is 0 Å². The molecular weight excluding hydrogens is 296 g/mol. The Morgan fingerprint density at radius 3 is 2.24 bits per heavy atom. The molecule has 8 heteroatoms. The van der Waals surface area contributed by atoms with Crippen LogP contribution in [0.5, 0.6) is 0 Å². The molecule has 5 nitrogen and oxygen atoms in total. The second kappa shape index (κ2) is 6.36. The van der Waals surface area contributed by atoms with E-state index in [2.05, 4.69) is 4.72 Å². The fraction of sp³-hybridized carbons (Fsp3) is 0.0769. The van der Waals surface area contributed by atoms with Crippen molar-refractivity contribution in [2.75, 3.05) is 0 Å². The molecule has 0 bridgehead atoms. The lowest BCUT2D eigenvalue weighted by atomic mass is 9.80. The Morgan fingerprint density at radius 1 is 1.05 bits per heavy atom. The summed E-state index contributed by atoms with van der Waals surface area (Å²) in [5, 5.41) is 17.9. The van der Waals surface area contributed by atoms with Gasteiger partial charge in [-0.3, -0.25) is 0 Å². The SMILES string of the molecule is O=S(=O)(NCc1ccc(B(O)O)cc1)c1ccccc1F. The molecule has 3 N–H and O–H groups in total. The van der Waals surface area contributed by atoms with E-state index >= 15 is 0 Å². The highest BCUT2D eigenvalue weighted by Gasteiger charge is 2.18. The van der Waals surface area contributed by atoms with Crippen molar-refractivity contribution in [3.05, 3.63) is 59.9 Å². The van der Waals surface area contributed by atoms with Crippen LogP contribution in [0, 0.1) is 5.82 Å². The van der Waals surface area contributed by atoms with Crippen molar-refractivity contribution < 1.29 is 22.9 Å². The number of hydrogen-bond acceptors (Lipinski definition) is 4. The minimum absolute atomic E-state index is 0.0293. The predicted molar refractivity (Wildman–Crippen MR) is 76.7 cm³/mol. The van der Waals surface area contributed by atoms with E-state index in [-0.39, 0.29) is 6.54 Å². The molecule has 0 radical (unpaired) electrons. The van der Waals surface area contributed by atoms with Gasteiger partial charge in [0, 0.05) is 6.54 Å². The molecule has 0 fully saturated rings. The number of benzene rings is 2. The van der Waals surface area contributed by atoms with Crippen LogP contribution in [0.4, 0.5) is 4.39 Å². The van der Waals surface area contributed by atoms with Crippen LogP contribution in [0.2, 0.25) is 0 Å². The summed E-state index contributed by atoms with van der Waals surface area (Å²) in [6.07, 6.45) is 0. The lowest BCUT2D eigenvalue weighted by Gasteiger charge is -2.08. The largest absolute Gasteiger partial charge is 0.488 e. The Balaban J connectivity index is 2.10. The van der Waals surface area contributed by atoms with E-state index in [4.69, 9.17) is 10.0 Å². The second-order valence-corrected chi connectivity index (χ2v) is 6.11. The third-order valence-electron chi connectivity index (χ3n) is 2.87. The highest BCUT2D eigenvalue weighted by Crippen LogP contribution is 2.13. The van der Waals surface area contributed by atoms with Gasteiger partial charge in [-0.2, -0.15) is 0 Å². The summed E-state index contributed by atoms with van der Waals surface area (Å²) in [6.45, 7) is -0.0293. The van der Waals surface area contributed by atoms with Crippen LogP contribution in [0.1, 0.15) is 5.56 Å². The van der Waals surface area contributed by atoms with Gasteiger partial charge >= 0.3 is 7.12 Å². The fourth-order valence-corrected chi connectivity index (χ4v) is 2.82. The molecule has 2 aromatic carbocycles. The first-order valence-electron chi connectivity index (χ1n) is 6.09. The quantitative estimate of drug-likeness (QED) is 0.678. The molecule has 110 valence electrons. The Kier molecular flexibility index (Phi) is 4.74. The molecule has 0 atom stereocenters. The zero-order valence-corrected chi connectivity index (χ0v) is 11.7. The highest BCUT2D eigenvalue weighted by molar-refractivity contribution is 7.89. The molecule has 0 amide bonds. The lowest BCUT2D eigenvalue weighted by Crippen LogP contribution is -2.30. The van der Waals surface area contributed by atoms with Gasteiger partial charge in [0.1, 0.15) is 10.7 Å². The molecule has 0 aromatic heterocycles. The molecule has 0 aliphatic carbocycles. The Morgan fingerprint density at radius 2 is 1.67 bits per heavy atom. The molecule has 0 spiro atoms. The second-order valence-electron chi connectivity index (χ2n) is 4.37. The van der Waals surface area contributed by atoms with E-state index in [1.54, 1.807) is 12.1 Å². The van der Waals surface area contributed by atoms with Crippen molar-refractivity contribution in [2.24, 2.45) is 0 Å². The first-order valence-corrected chi connectivity index (χ1v) is 7.57. The van der Waals surface area contributed by atoms with Gasteiger partial charge in [-0.15, -0.1) is 0 Å². The molecule has 21 heavy (non-hydrogen) atoms. The van der Waals surface area contributed by atoms with E-state index in [1.165, 1.54) is 30.3 Å². The lowest BCUT2D eigenvalue weighted by molar-refractivity contribution is 0.425. The summed E-state index contributed by atoms with van der Waals surface area (Å²) in [4.78, 5) is -0.410. The zero-order valence-electron chi connectivity index (χ0n) is 10.9. The van der Waals surface area contributed by atoms with Crippen LogP contribution in [0.3, 0.4) is 0 Å². The predicted octanol–water partition coefficient (Wildman–Crippen LogP) is -0.0160. The van der Waals surface area contributed by atoms with Crippen molar-refractivity contribution in [1.82, 2.24) is 4.72 Å². The van der Waals surface area contributed by atoms with Gasteiger partial charge in [0.2, 0.25) is 10.0 Å². The summed E-state index contributed by atoms with van der Waals surface area (Å²) in [6, 6.07) is 11.2. The van der Waals surface area contributed by atoms with E-state index in [0.717, 1.165) is 6.07 Å². The molecular formula is C13H13BFNO4S. The van der Waals surface area contributed by atoms with Crippen LogP contribution in [-0.4, -0.2) is 25.6 Å². The minimum Gasteiger partial charge on any atom is -0.423 e. The van der Waals surface area contributed by atoms with Crippen LogP contribution < -0.4 is 10.2 Å². The molecule has 2 rings (SSSR count). The summed E-state index contributed by atoms with van der Waals surface area (Å²) in [5.74, 6) is -0.816. The topological polar surface area (TPSA) is 86.6 Å². The van der Waals surface area contributed by atoms with Crippen molar-refractivity contribution in [1.29, 1.82) is 0 Å². The Labute approximate surface area is 122 Å². The van der Waals surface area contributed by atoms with Crippen molar-refractivity contribution in [3.8, 4) is 0 Å². The average Bonchev–Trinajstić information content (AvgIpc) is 2.46. The zero-order chi connectivity index (χ0) is 15.5. The third-order valence-corrected chi connectivity index (χ3v) is 4.30. The standard InChI is InChI=1S/C13H13BFNO4S/c15-12-3-1-2-4-13(12)21(19,20)16-9-10-5-7-11(8-6-10)14(17)18/h1-8,16-18H,9H2. The van der Waals surface area contributed by atoms with E-state index in [1.807, 2.05) is 0 Å². The highest BCUT2D eigenvalue weighted by atomic mass is 32.2. The number of nitrogens with one attached hydrogen (secondary N) is 1. The van der Waals surface area contributed by atoms with Gasteiger partial charge in [-0.1, -0.05) is 36.4 Å². The molecule has 0 aliphatic rings. The maximum absolute atomic E-state index is 13.5.